The summed E-state index contributed by atoms with van der Waals surface area (Å²) in [4.78, 5) is 14.9. The number of ether oxygens (including phenoxy) is 1. The average molecular weight is 229 g/mol. The molecule has 3 nitrogen and oxygen atoms in total. The van der Waals surface area contributed by atoms with E-state index in [9.17, 15) is 4.79 Å². The summed E-state index contributed by atoms with van der Waals surface area (Å²) in [7, 11) is 0. The molecule has 1 heterocycles. The van der Waals surface area contributed by atoms with E-state index in [0.29, 0.717) is 12.2 Å². The Hall–Kier alpha value is -2.03. The molecule has 0 aliphatic rings. The predicted molar refractivity (Wildman–Crippen MR) is 66.9 cm³/mol. The van der Waals surface area contributed by atoms with Gasteiger partial charge in [-0.15, -0.1) is 0 Å². The first-order valence-corrected chi connectivity index (χ1v) is 5.64. The molecular formula is C14H15NO2. The lowest BCUT2D eigenvalue weighted by molar-refractivity contribution is 0.0527. The van der Waals surface area contributed by atoms with E-state index in [-0.39, 0.29) is 5.97 Å². The average Bonchev–Trinajstić information content (AvgIpc) is 2.79. The Morgan fingerprint density at radius 3 is 2.76 bits per heavy atom. The van der Waals surface area contributed by atoms with Gasteiger partial charge in [0.15, 0.2) is 0 Å². The summed E-state index contributed by atoms with van der Waals surface area (Å²) in [6.07, 6.45) is 1.76. The number of esters is 1. The summed E-state index contributed by atoms with van der Waals surface area (Å²) in [6, 6.07) is 9.69. The number of carbonyl (C=O) groups is 1. The first kappa shape index (κ1) is 11.5. The van der Waals surface area contributed by atoms with E-state index in [2.05, 4.69) is 4.98 Å². The van der Waals surface area contributed by atoms with Crippen LogP contribution in [0, 0.1) is 6.92 Å². The lowest BCUT2D eigenvalue weighted by Gasteiger charge is -2.06. The van der Waals surface area contributed by atoms with Crippen LogP contribution in [0.15, 0.2) is 36.5 Å². The SMILES string of the molecule is CCOC(=O)c1cc[nH]c1-c1ccccc1C. The van der Waals surface area contributed by atoms with Gasteiger partial charge in [-0.1, -0.05) is 24.3 Å². The highest BCUT2D eigenvalue weighted by molar-refractivity contribution is 5.96. The quantitative estimate of drug-likeness (QED) is 0.821. The van der Waals surface area contributed by atoms with Crippen LogP contribution < -0.4 is 0 Å². The fourth-order valence-electron chi connectivity index (χ4n) is 1.82. The largest absolute Gasteiger partial charge is 0.462 e. The third-order valence-corrected chi connectivity index (χ3v) is 2.66. The Bertz CT molecular complexity index is 529. The van der Waals surface area contributed by atoms with Crippen molar-refractivity contribution in [3.63, 3.8) is 0 Å². The molecular weight excluding hydrogens is 214 g/mol. The van der Waals surface area contributed by atoms with Gasteiger partial charge in [0.25, 0.3) is 0 Å². The Balaban J connectivity index is 2.44. The molecule has 88 valence electrons. The molecule has 2 aromatic rings. The van der Waals surface area contributed by atoms with E-state index < -0.39 is 0 Å². The summed E-state index contributed by atoms with van der Waals surface area (Å²) in [6.45, 7) is 4.21. The monoisotopic (exact) mass is 229 g/mol. The van der Waals surface area contributed by atoms with Crippen molar-refractivity contribution in [3.8, 4) is 11.3 Å². The molecule has 0 spiro atoms. The van der Waals surface area contributed by atoms with Gasteiger partial charge in [-0.25, -0.2) is 4.79 Å². The van der Waals surface area contributed by atoms with Gasteiger partial charge in [-0.05, 0) is 25.5 Å². The molecule has 0 atom stereocenters. The summed E-state index contributed by atoms with van der Waals surface area (Å²) in [5.41, 5.74) is 3.56. The van der Waals surface area contributed by atoms with Gasteiger partial charge in [0.1, 0.15) is 0 Å². The topological polar surface area (TPSA) is 42.1 Å². The minimum absolute atomic E-state index is 0.285. The van der Waals surface area contributed by atoms with Crippen molar-refractivity contribution in [2.24, 2.45) is 0 Å². The second-order valence-corrected chi connectivity index (χ2v) is 3.80. The van der Waals surface area contributed by atoms with E-state index in [4.69, 9.17) is 4.74 Å². The molecule has 0 saturated heterocycles. The van der Waals surface area contributed by atoms with Gasteiger partial charge in [0.05, 0.1) is 17.9 Å². The second kappa shape index (κ2) is 4.87. The van der Waals surface area contributed by atoms with E-state index >= 15 is 0 Å². The van der Waals surface area contributed by atoms with Gasteiger partial charge in [-0.2, -0.15) is 0 Å². The van der Waals surface area contributed by atoms with Gasteiger partial charge in [0.2, 0.25) is 0 Å². The van der Waals surface area contributed by atoms with Gasteiger partial charge in [0, 0.05) is 11.8 Å². The van der Waals surface area contributed by atoms with E-state index in [1.165, 1.54) is 0 Å². The molecule has 17 heavy (non-hydrogen) atoms. The first-order chi connectivity index (χ1) is 8.24. The highest BCUT2D eigenvalue weighted by atomic mass is 16.5. The van der Waals surface area contributed by atoms with Crippen LogP contribution >= 0.6 is 0 Å². The van der Waals surface area contributed by atoms with Crippen LogP contribution in [-0.2, 0) is 4.74 Å². The maximum absolute atomic E-state index is 11.8. The van der Waals surface area contributed by atoms with Crippen molar-refractivity contribution in [2.75, 3.05) is 6.61 Å². The molecule has 1 aromatic carbocycles. The number of hydrogen-bond donors (Lipinski definition) is 1. The normalized spacial score (nSPS) is 10.2. The van der Waals surface area contributed by atoms with E-state index in [1.54, 1.807) is 19.2 Å². The van der Waals surface area contributed by atoms with Crippen molar-refractivity contribution in [2.45, 2.75) is 13.8 Å². The molecule has 2 rings (SSSR count). The number of hydrogen-bond acceptors (Lipinski definition) is 2. The molecule has 0 radical (unpaired) electrons. The number of carbonyl (C=O) groups excluding carboxylic acids is 1. The number of aryl methyl sites for hydroxylation is 1. The summed E-state index contributed by atoms with van der Waals surface area (Å²) >= 11 is 0. The Labute approximate surface area is 100 Å². The molecule has 0 amide bonds. The highest BCUT2D eigenvalue weighted by Gasteiger charge is 2.15. The zero-order chi connectivity index (χ0) is 12.3. The van der Waals surface area contributed by atoms with Crippen LogP contribution in [0.25, 0.3) is 11.3 Å². The van der Waals surface area contributed by atoms with Crippen LogP contribution in [0.1, 0.15) is 22.8 Å². The van der Waals surface area contributed by atoms with Crippen LogP contribution in [0.3, 0.4) is 0 Å². The molecule has 0 aliphatic carbocycles. The van der Waals surface area contributed by atoms with Crippen LogP contribution in [0.4, 0.5) is 0 Å². The van der Waals surface area contributed by atoms with Crippen molar-refractivity contribution < 1.29 is 9.53 Å². The molecule has 0 fully saturated rings. The lowest BCUT2D eigenvalue weighted by Crippen LogP contribution is -2.05. The minimum atomic E-state index is -0.285. The first-order valence-electron chi connectivity index (χ1n) is 5.64. The highest BCUT2D eigenvalue weighted by Crippen LogP contribution is 2.25. The van der Waals surface area contributed by atoms with Crippen molar-refractivity contribution >= 4 is 5.97 Å². The molecule has 0 unspecified atom stereocenters. The summed E-state index contributed by atoms with van der Waals surface area (Å²) < 4.78 is 5.03. The lowest BCUT2D eigenvalue weighted by atomic mass is 10.0. The number of aromatic nitrogens is 1. The maximum Gasteiger partial charge on any atom is 0.340 e. The Morgan fingerprint density at radius 2 is 2.06 bits per heavy atom. The van der Waals surface area contributed by atoms with Crippen molar-refractivity contribution in [3.05, 3.63) is 47.7 Å². The molecule has 1 N–H and O–H groups in total. The zero-order valence-corrected chi connectivity index (χ0v) is 9.99. The van der Waals surface area contributed by atoms with Crippen molar-refractivity contribution in [1.29, 1.82) is 0 Å². The summed E-state index contributed by atoms with van der Waals surface area (Å²) in [5, 5.41) is 0. The fraction of sp³-hybridized carbons (Fsp3) is 0.214. The number of nitrogens with one attached hydrogen (secondary N) is 1. The molecule has 0 bridgehead atoms. The fourth-order valence-corrected chi connectivity index (χ4v) is 1.82. The van der Waals surface area contributed by atoms with Crippen molar-refractivity contribution in [1.82, 2.24) is 4.98 Å². The number of aromatic amines is 1. The van der Waals surface area contributed by atoms with Crippen LogP contribution in [0.5, 0.6) is 0 Å². The Morgan fingerprint density at radius 1 is 1.29 bits per heavy atom. The summed E-state index contributed by atoms with van der Waals surface area (Å²) in [5.74, 6) is -0.285. The van der Waals surface area contributed by atoms with Gasteiger partial charge >= 0.3 is 5.97 Å². The van der Waals surface area contributed by atoms with E-state index in [0.717, 1.165) is 16.8 Å². The van der Waals surface area contributed by atoms with Gasteiger partial charge < -0.3 is 9.72 Å². The third kappa shape index (κ3) is 2.23. The number of rotatable bonds is 3. The minimum Gasteiger partial charge on any atom is -0.462 e. The molecule has 3 heteroatoms. The molecule has 0 saturated carbocycles. The predicted octanol–water partition coefficient (Wildman–Crippen LogP) is 3.17. The van der Waals surface area contributed by atoms with E-state index in [1.807, 2.05) is 31.2 Å². The number of H-pyrrole nitrogens is 1. The Kier molecular flexibility index (Phi) is 3.28. The maximum atomic E-state index is 11.8. The number of benzene rings is 1. The molecule has 0 aliphatic heterocycles. The van der Waals surface area contributed by atoms with Crippen LogP contribution in [0.2, 0.25) is 0 Å². The third-order valence-electron chi connectivity index (χ3n) is 2.66. The van der Waals surface area contributed by atoms with Gasteiger partial charge in [-0.3, -0.25) is 0 Å². The second-order valence-electron chi connectivity index (χ2n) is 3.80. The smallest absolute Gasteiger partial charge is 0.340 e. The van der Waals surface area contributed by atoms with Crippen LogP contribution in [-0.4, -0.2) is 17.6 Å². The zero-order valence-electron chi connectivity index (χ0n) is 9.99. The molecule has 1 aromatic heterocycles. The standard InChI is InChI=1S/C14H15NO2/c1-3-17-14(16)12-8-9-15-13(12)11-7-5-4-6-10(11)2/h4-9,15H,3H2,1-2H3.